The third-order valence-corrected chi connectivity index (χ3v) is 15.1. The summed E-state index contributed by atoms with van der Waals surface area (Å²) in [5.74, 6) is 5.10. The highest BCUT2D eigenvalue weighted by Gasteiger charge is 2.54. The van der Waals surface area contributed by atoms with Crippen molar-refractivity contribution in [1.82, 2.24) is 0 Å². The van der Waals surface area contributed by atoms with Crippen molar-refractivity contribution in [3.8, 4) is 34.5 Å². The van der Waals surface area contributed by atoms with E-state index in [1.165, 1.54) is 116 Å². The summed E-state index contributed by atoms with van der Waals surface area (Å²) < 4.78 is 37.4. The van der Waals surface area contributed by atoms with Crippen LogP contribution in [0, 0.1) is 5.92 Å². The van der Waals surface area contributed by atoms with Gasteiger partial charge in [-0.2, -0.15) is 0 Å². The van der Waals surface area contributed by atoms with Crippen LogP contribution in [-0.4, -0.2) is 40.6 Å². The smallest absolute Gasteiger partial charge is 0.119 e. The minimum Gasteiger partial charge on any atom is -0.497 e. The zero-order valence-electron chi connectivity index (χ0n) is 45.8. The quantitative estimate of drug-likeness (QED) is 0.0383. The molecule has 0 aliphatic heterocycles. The predicted molar refractivity (Wildman–Crippen MR) is 308 cm³/mol. The van der Waals surface area contributed by atoms with Crippen LogP contribution >= 0.6 is 0 Å². The summed E-state index contributed by atoms with van der Waals surface area (Å²) in [6.07, 6.45) is 19.4. The van der Waals surface area contributed by atoms with E-state index in [4.69, 9.17) is 28.4 Å². The number of ether oxygens (including phenoxy) is 6. The Balaban J connectivity index is 1.45. The number of methoxy groups -OCH3 is 2. The van der Waals surface area contributed by atoms with Crippen LogP contribution in [0.5, 0.6) is 34.5 Å². The van der Waals surface area contributed by atoms with Crippen molar-refractivity contribution in [2.24, 2.45) is 5.92 Å². The Bertz CT molecular complexity index is 2420. The normalized spacial score (nSPS) is 14.1. The van der Waals surface area contributed by atoms with Crippen molar-refractivity contribution in [2.75, 3.05) is 40.6 Å². The molecule has 6 aromatic carbocycles. The Morgan fingerprint density at radius 3 is 1.00 bits per heavy atom. The van der Waals surface area contributed by atoms with Gasteiger partial charge in [0.25, 0.3) is 0 Å². The largest absolute Gasteiger partial charge is 0.497 e. The van der Waals surface area contributed by atoms with Gasteiger partial charge in [-0.05, 0) is 155 Å². The van der Waals surface area contributed by atoms with Gasteiger partial charge in [0.05, 0.1) is 46.1 Å². The van der Waals surface area contributed by atoms with Gasteiger partial charge in [-0.15, -0.1) is 0 Å². The summed E-state index contributed by atoms with van der Waals surface area (Å²) in [6, 6.07) is 53.5. The summed E-state index contributed by atoms with van der Waals surface area (Å²) in [6.45, 7) is 11.8. The molecule has 1 atom stereocenters. The molecule has 0 fully saturated rings. The number of rotatable bonds is 33. The van der Waals surface area contributed by atoms with Gasteiger partial charge in [-0.1, -0.05) is 178 Å². The molecule has 6 nitrogen and oxygen atoms in total. The molecule has 1 aliphatic rings. The first-order valence-corrected chi connectivity index (χ1v) is 28.4. The molecule has 0 amide bonds. The fourth-order valence-electron chi connectivity index (χ4n) is 11.1. The van der Waals surface area contributed by atoms with Crippen LogP contribution in [0.3, 0.4) is 0 Å². The molecule has 0 aromatic heterocycles. The van der Waals surface area contributed by atoms with Gasteiger partial charge >= 0.3 is 0 Å². The maximum absolute atomic E-state index is 6.42. The molecule has 1 unspecified atom stereocenters. The molecule has 1 aliphatic carbocycles. The van der Waals surface area contributed by atoms with Gasteiger partial charge in [0.1, 0.15) is 34.5 Å². The number of benzene rings is 6. The summed E-state index contributed by atoms with van der Waals surface area (Å²) in [7, 11) is 3.49. The van der Waals surface area contributed by atoms with Crippen molar-refractivity contribution in [1.29, 1.82) is 0 Å². The molecule has 0 N–H and O–H groups in total. The van der Waals surface area contributed by atoms with Crippen molar-refractivity contribution < 1.29 is 28.4 Å². The van der Waals surface area contributed by atoms with E-state index in [0.717, 1.165) is 72.2 Å². The molecule has 0 spiro atoms. The second-order valence-electron chi connectivity index (χ2n) is 20.2. The van der Waals surface area contributed by atoms with Crippen LogP contribution in [0.2, 0.25) is 0 Å². The number of unbranched alkanes of at least 4 members (excludes halogenated alkanes) is 12. The van der Waals surface area contributed by atoms with Crippen LogP contribution in [0.25, 0.3) is 11.1 Å². The van der Waals surface area contributed by atoms with Crippen molar-refractivity contribution in [3.05, 3.63) is 179 Å². The molecule has 6 aromatic rings. The third kappa shape index (κ3) is 14.6. The highest BCUT2D eigenvalue weighted by molar-refractivity contribution is 6.01. The zero-order valence-corrected chi connectivity index (χ0v) is 45.8. The molecule has 0 bridgehead atoms. The fraction of sp³-hybridized carbons (Fsp3) is 0.441. The molecule has 0 saturated carbocycles. The van der Waals surface area contributed by atoms with Gasteiger partial charge in [-0.25, -0.2) is 0 Å². The molecule has 7 rings (SSSR count). The molecule has 0 saturated heterocycles. The van der Waals surface area contributed by atoms with Gasteiger partial charge in [-0.3, -0.25) is 0 Å². The van der Waals surface area contributed by atoms with Crippen LogP contribution in [-0.2, 0) is 5.41 Å². The number of hydrogen-bond acceptors (Lipinski definition) is 6. The first kappa shape index (κ1) is 55.6. The lowest BCUT2D eigenvalue weighted by Gasteiger charge is -2.44. The molecule has 394 valence electrons. The van der Waals surface area contributed by atoms with Gasteiger partial charge in [0.15, 0.2) is 0 Å². The second kappa shape index (κ2) is 29.7. The molecular formula is C68H86O6. The van der Waals surface area contributed by atoms with E-state index in [-0.39, 0.29) is 11.8 Å². The molecule has 74 heavy (non-hydrogen) atoms. The van der Waals surface area contributed by atoms with Crippen LogP contribution in [0.4, 0.5) is 0 Å². The number of allylic oxidation sites excluding steroid dienone is 2. The Kier molecular flexibility index (Phi) is 22.3. The van der Waals surface area contributed by atoms with Crippen molar-refractivity contribution >= 4 is 11.1 Å². The summed E-state index contributed by atoms with van der Waals surface area (Å²) in [4.78, 5) is 0. The van der Waals surface area contributed by atoms with E-state index in [9.17, 15) is 0 Å². The second-order valence-corrected chi connectivity index (χ2v) is 20.2. The van der Waals surface area contributed by atoms with Crippen LogP contribution in [0.15, 0.2) is 146 Å². The van der Waals surface area contributed by atoms with Crippen molar-refractivity contribution in [2.45, 2.75) is 148 Å². The van der Waals surface area contributed by atoms with E-state index in [2.05, 4.69) is 173 Å². The minimum absolute atomic E-state index is 0.0418. The average molecular weight is 999 g/mol. The Morgan fingerprint density at radius 1 is 0.365 bits per heavy atom. The Morgan fingerprint density at radius 2 is 0.676 bits per heavy atom. The Hall–Kier alpha value is -6.14. The highest BCUT2D eigenvalue weighted by atomic mass is 16.5. The monoisotopic (exact) mass is 999 g/mol. The maximum Gasteiger partial charge on any atom is 0.119 e. The zero-order chi connectivity index (χ0) is 51.8. The number of hydrogen-bond donors (Lipinski definition) is 0. The molecule has 0 radical (unpaired) electrons. The molecule has 0 heterocycles. The summed E-state index contributed by atoms with van der Waals surface area (Å²) in [5, 5.41) is 0. The maximum atomic E-state index is 6.42. The van der Waals surface area contributed by atoms with Crippen LogP contribution in [0.1, 0.15) is 176 Å². The van der Waals surface area contributed by atoms with Crippen molar-refractivity contribution in [3.63, 3.8) is 0 Å². The van der Waals surface area contributed by atoms with E-state index >= 15 is 0 Å². The lowest BCUT2D eigenvalue weighted by molar-refractivity contribution is 0.304. The average Bonchev–Trinajstić information content (AvgIpc) is 3.80. The SMILES string of the molecule is CCCCCCOc1ccc(C2=C(c3ccc(OCCCCCC)cc3)C(c3ccc(OC)cc3)(c3ccc(OC)cc3)C(C(c3ccc(OCCCCCC)cc3)c3ccc(OCCCCCC)cc3)C2)cc1. The Labute approximate surface area is 445 Å². The third-order valence-electron chi connectivity index (χ3n) is 15.1. The topological polar surface area (TPSA) is 55.4 Å². The molecule has 6 heteroatoms. The van der Waals surface area contributed by atoms with E-state index in [1.807, 2.05) is 0 Å². The predicted octanol–water partition coefficient (Wildman–Crippen LogP) is 18.3. The van der Waals surface area contributed by atoms with Crippen LogP contribution < -0.4 is 28.4 Å². The summed E-state index contributed by atoms with van der Waals surface area (Å²) in [5.41, 5.74) is 9.02. The lowest BCUT2D eigenvalue weighted by atomic mass is 9.58. The summed E-state index contributed by atoms with van der Waals surface area (Å²) >= 11 is 0. The van der Waals surface area contributed by atoms with Gasteiger partial charge in [0.2, 0.25) is 0 Å². The fourth-order valence-corrected chi connectivity index (χ4v) is 11.1. The first-order chi connectivity index (χ1) is 36.5. The minimum atomic E-state index is -0.710. The van der Waals surface area contributed by atoms with Gasteiger partial charge in [0, 0.05) is 5.92 Å². The van der Waals surface area contributed by atoms with E-state index in [0.29, 0.717) is 26.4 Å². The molecular weight excluding hydrogens is 913 g/mol. The highest BCUT2D eigenvalue weighted by Crippen LogP contribution is 2.64. The first-order valence-electron chi connectivity index (χ1n) is 28.4. The lowest BCUT2D eigenvalue weighted by Crippen LogP contribution is -2.38. The van der Waals surface area contributed by atoms with E-state index in [1.54, 1.807) is 14.2 Å². The standard InChI is InChI=1S/C68H86O6/c1-7-11-15-19-47-71-60-35-23-52(24-36-60)64-51-65(66(53-25-37-61(38-26-53)72-48-20-16-12-8-2)54-27-39-62(40-28-54)73-49-21-17-13-9-3)68(56-31-43-58(69-5)44-32-56,57-33-45-59(70-6)46-34-57)67(64)55-29-41-63(42-30-55)74-50-22-18-14-10-4/h23-46,65-66H,7-22,47-51H2,1-6H3. The van der Waals surface area contributed by atoms with E-state index < -0.39 is 5.41 Å². The van der Waals surface area contributed by atoms with Gasteiger partial charge < -0.3 is 28.4 Å².